The Morgan fingerprint density at radius 2 is 2.25 bits per heavy atom. The van der Waals surface area contributed by atoms with Gasteiger partial charge in [-0.3, -0.25) is 4.79 Å². The molecule has 0 radical (unpaired) electrons. The van der Waals surface area contributed by atoms with Crippen molar-refractivity contribution in [3.05, 3.63) is 5.69 Å². The molecule has 0 aliphatic heterocycles. The molecule has 0 unspecified atom stereocenters. The van der Waals surface area contributed by atoms with E-state index in [1.54, 1.807) is 7.11 Å². The van der Waals surface area contributed by atoms with Crippen molar-refractivity contribution in [2.24, 2.45) is 0 Å². The highest BCUT2D eigenvalue weighted by molar-refractivity contribution is 7.17. The number of hydrogen-bond donors (Lipinski definition) is 2. The van der Waals surface area contributed by atoms with Crippen molar-refractivity contribution in [3.63, 3.8) is 0 Å². The van der Waals surface area contributed by atoms with Gasteiger partial charge in [-0.1, -0.05) is 11.3 Å². The lowest BCUT2D eigenvalue weighted by atomic mass is 10.6. The summed E-state index contributed by atoms with van der Waals surface area (Å²) < 4.78 is 4.94. The molecule has 1 aromatic rings. The highest BCUT2D eigenvalue weighted by Gasteiger charge is 2.02. The van der Waals surface area contributed by atoms with Crippen LogP contribution in [0.15, 0.2) is 0 Å². The molecule has 0 saturated carbocycles. The summed E-state index contributed by atoms with van der Waals surface area (Å²) >= 11 is 1.36. The number of nitrogens with two attached hydrogens (primary N) is 1. The van der Waals surface area contributed by atoms with Crippen LogP contribution in [0.5, 0.6) is 5.06 Å². The van der Waals surface area contributed by atoms with Crippen LogP contribution in [0.3, 0.4) is 0 Å². The van der Waals surface area contributed by atoms with E-state index in [0.29, 0.717) is 5.13 Å². The number of carboxylic acid groups (broad SMARTS) is 1. The fourth-order valence-electron chi connectivity index (χ4n) is 0.592. The van der Waals surface area contributed by atoms with E-state index in [1.165, 1.54) is 11.3 Å². The highest BCUT2D eigenvalue weighted by Crippen LogP contribution is 2.26. The zero-order valence-corrected chi connectivity index (χ0v) is 7.59. The minimum atomic E-state index is -0.250. The average molecular weight is 190 g/mol. The lowest BCUT2D eigenvalue weighted by Gasteiger charge is -1.90. The topological polar surface area (TPSA) is 85.4 Å². The predicted octanol–water partition coefficient (Wildman–Crippen LogP) is 0.743. The van der Waals surface area contributed by atoms with Crippen LogP contribution in [0.1, 0.15) is 5.69 Å². The van der Waals surface area contributed by atoms with E-state index in [0.717, 1.165) is 10.8 Å². The first-order valence-electron chi connectivity index (χ1n) is 3.00. The van der Waals surface area contributed by atoms with Gasteiger partial charge in [0.25, 0.3) is 6.47 Å². The molecule has 68 valence electrons. The first-order valence-corrected chi connectivity index (χ1v) is 3.82. The molecule has 0 atom stereocenters. The number of hydrogen-bond acceptors (Lipinski definition) is 5. The van der Waals surface area contributed by atoms with Crippen molar-refractivity contribution in [1.82, 2.24) is 4.98 Å². The number of aromatic nitrogens is 1. The quantitative estimate of drug-likeness (QED) is 0.638. The van der Waals surface area contributed by atoms with Crippen molar-refractivity contribution in [3.8, 4) is 5.06 Å². The summed E-state index contributed by atoms with van der Waals surface area (Å²) in [6.07, 6.45) is 0. The highest BCUT2D eigenvalue weighted by atomic mass is 32.1. The molecule has 0 aliphatic rings. The molecule has 5 nitrogen and oxygen atoms in total. The Morgan fingerprint density at radius 1 is 1.75 bits per heavy atom. The van der Waals surface area contributed by atoms with E-state index in [2.05, 4.69) is 4.98 Å². The number of aryl methyl sites for hydroxylation is 1. The Morgan fingerprint density at radius 3 is 2.42 bits per heavy atom. The maximum absolute atomic E-state index is 8.36. The Labute approximate surface area is 73.8 Å². The second-order valence-corrected chi connectivity index (χ2v) is 2.73. The first-order chi connectivity index (χ1) is 5.65. The zero-order valence-electron chi connectivity index (χ0n) is 6.77. The van der Waals surface area contributed by atoms with E-state index < -0.39 is 0 Å². The van der Waals surface area contributed by atoms with Gasteiger partial charge >= 0.3 is 0 Å². The van der Waals surface area contributed by atoms with Crippen LogP contribution in [-0.4, -0.2) is 23.7 Å². The van der Waals surface area contributed by atoms with E-state index in [4.69, 9.17) is 20.4 Å². The van der Waals surface area contributed by atoms with Gasteiger partial charge in [-0.15, -0.1) is 0 Å². The largest absolute Gasteiger partial charge is 0.486 e. The van der Waals surface area contributed by atoms with Crippen LogP contribution in [0.25, 0.3) is 0 Å². The summed E-state index contributed by atoms with van der Waals surface area (Å²) in [5, 5.41) is 8.25. The summed E-state index contributed by atoms with van der Waals surface area (Å²) in [7, 11) is 1.61. The fourth-order valence-corrected chi connectivity index (χ4v) is 1.24. The third kappa shape index (κ3) is 3.20. The van der Waals surface area contributed by atoms with Crippen molar-refractivity contribution < 1.29 is 14.6 Å². The number of nitrogen functional groups attached to an aromatic ring is 1. The zero-order chi connectivity index (χ0) is 9.56. The van der Waals surface area contributed by atoms with Crippen LogP contribution in [0.2, 0.25) is 0 Å². The van der Waals surface area contributed by atoms with Crippen LogP contribution in [-0.2, 0) is 4.79 Å². The van der Waals surface area contributed by atoms with Gasteiger partial charge in [0.05, 0.1) is 12.8 Å². The van der Waals surface area contributed by atoms with E-state index in [-0.39, 0.29) is 6.47 Å². The maximum Gasteiger partial charge on any atom is 0.290 e. The van der Waals surface area contributed by atoms with Gasteiger partial charge in [0, 0.05) is 0 Å². The van der Waals surface area contributed by atoms with Crippen molar-refractivity contribution in [1.29, 1.82) is 0 Å². The van der Waals surface area contributed by atoms with Gasteiger partial charge in [-0.2, -0.15) is 0 Å². The molecule has 0 aromatic carbocycles. The van der Waals surface area contributed by atoms with Crippen LogP contribution >= 0.6 is 11.3 Å². The lowest BCUT2D eigenvalue weighted by molar-refractivity contribution is -0.122. The normalized spacial score (nSPS) is 8.17. The number of nitrogens with zero attached hydrogens (tertiary/aromatic N) is 1. The monoisotopic (exact) mass is 190 g/mol. The second kappa shape index (κ2) is 5.36. The number of carbonyl (C=O) groups is 1. The van der Waals surface area contributed by atoms with Crippen molar-refractivity contribution in [2.75, 3.05) is 12.8 Å². The Kier molecular flexibility index (Phi) is 4.78. The SMILES string of the molecule is COc1sc(N)nc1C.O=CO. The van der Waals surface area contributed by atoms with Gasteiger partial charge in [0.2, 0.25) is 0 Å². The summed E-state index contributed by atoms with van der Waals surface area (Å²) in [6.45, 7) is 1.62. The maximum atomic E-state index is 8.36. The number of thiazole rings is 1. The van der Waals surface area contributed by atoms with Gasteiger partial charge in [-0.25, -0.2) is 4.98 Å². The standard InChI is InChI=1S/C5H8N2OS.CH2O2/c1-3-4(8-2)9-5(6)7-3;2-1-3/h1-2H3,(H2,6,7);1H,(H,2,3). The molecule has 1 rings (SSSR count). The minimum absolute atomic E-state index is 0.250. The number of methoxy groups -OCH3 is 1. The summed E-state index contributed by atoms with van der Waals surface area (Å²) in [5.74, 6) is 0. The Bertz CT molecular complexity index is 249. The third-order valence-electron chi connectivity index (χ3n) is 0.956. The molecular weight excluding hydrogens is 180 g/mol. The van der Waals surface area contributed by atoms with Gasteiger partial charge < -0.3 is 15.6 Å². The third-order valence-corrected chi connectivity index (χ3v) is 1.90. The molecule has 0 saturated heterocycles. The van der Waals surface area contributed by atoms with Crippen molar-refractivity contribution >= 4 is 22.9 Å². The molecule has 12 heavy (non-hydrogen) atoms. The molecule has 0 fully saturated rings. The van der Waals surface area contributed by atoms with E-state index in [9.17, 15) is 0 Å². The summed E-state index contributed by atoms with van der Waals surface area (Å²) in [4.78, 5) is 12.3. The number of rotatable bonds is 1. The van der Waals surface area contributed by atoms with Crippen LogP contribution in [0.4, 0.5) is 5.13 Å². The molecule has 0 spiro atoms. The molecule has 1 aromatic heterocycles. The fraction of sp³-hybridized carbons (Fsp3) is 0.333. The van der Waals surface area contributed by atoms with Crippen LogP contribution < -0.4 is 10.5 Å². The average Bonchev–Trinajstić information content (AvgIpc) is 2.31. The van der Waals surface area contributed by atoms with Gasteiger partial charge in [0.15, 0.2) is 10.2 Å². The Hall–Kier alpha value is -1.30. The van der Waals surface area contributed by atoms with Gasteiger partial charge in [0.1, 0.15) is 0 Å². The summed E-state index contributed by atoms with van der Waals surface area (Å²) in [5.41, 5.74) is 6.24. The molecule has 1 heterocycles. The second-order valence-electron chi connectivity index (χ2n) is 1.73. The predicted molar refractivity (Wildman–Crippen MR) is 46.5 cm³/mol. The summed E-state index contributed by atoms with van der Waals surface area (Å²) in [6, 6.07) is 0. The molecule has 0 amide bonds. The van der Waals surface area contributed by atoms with Crippen molar-refractivity contribution in [2.45, 2.75) is 6.92 Å². The van der Waals surface area contributed by atoms with E-state index >= 15 is 0 Å². The minimum Gasteiger partial charge on any atom is -0.486 e. The first kappa shape index (κ1) is 10.7. The van der Waals surface area contributed by atoms with Gasteiger partial charge in [-0.05, 0) is 6.92 Å². The number of ether oxygens (including phenoxy) is 1. The smallest absolute Gasteiger partial charge is 0.290 e. The number of anilines is 1. The molecule has 6 heteroatoms. The molecular formula is C6H10N2O3S. The molecule has 3 N–H and O–H groups in total. The lowest BCUT2D eigenvalue weighted by Crippen LogP contribution is -1.81. The Balaban J connectivity index is 0.000000354. The molecule has 0 bridgehead atoms. The van der Waals surface area contributed by atoms with Crippen LogP contribution in [0, 0.1) is 6.92 Å². The van der Waals surface area contributed by atoms with E-state index in [1.807, 2.05) is 6.92 Å². The molecule has 0 aliphatic carbocycles.